The van der Waals surface area contributed by atoms with Crippen LogP contribution in [0.5, 0.6) is 11.5 Å². The van der Waals surface area contributed by atoms with Crippen LogP contribution in [0.1, 0.15) is 30.9 Å². The van der Waals surface area contributed by atoms with Crippen molar-refractivity contribution in [2.45, 2.75) is 43.9 Å². The van der Waals surface area contributed by atoms with Crippen LogP contribution in [0.25, 0.3) is 0 Å². The monoisotopic (exact) mass is 372 g/mol. The Balaban J connectivity index is 1.79. The van der Waals surface area contributed by atoms with E-state index in [4.69, 9.17) is 14.2 Å². The van der Waals surface area contributed by atoms with Crippen molar-refractivity contribution in [1.82, 2.24) is 10.2 Å². The average Bonchev–Trinajstić information content (AvgIpc) is 2.89. The zero-order valence-corrected chi connectivity index (χ0v) is 15.8. The number of benzene rings is 1. The zero-order valence-electron chi connectivity index (χ0n) is 15.8. The van der Waals surface area contributed by atoms with Gasteiger partial charge in [-0.15, -0.1) is 0 Å². The summed E-state index contributed by atoms with van der Waals surface area (Å²) in [5, 5.41) is 2.47. The van der Waals surface area contributed by atoms with Crippen LogP contribution in [0.15, 0.2) is 24.3 Å². The second-order valence-corrected chi connectivity index (χ2v) is 7.44. The molecule has 0 saturated carbocycles. The fraction of sp³-hybridized carbons (Fsp3) is 0.500. The maximum absolute atomic E-state index is 11.8. The largest absolute Gasteiger partial charge is 0.485 e. The Morgan fingerprint density at radius 3 is 2.93 bits per heavy atom. The van der Waals surface area contributed by atoms with E-state index in [2.05, 4.69) is 23.3 Å². The van der Waals surface area contributed by atoms with E-state index in [1.165, 1.54) is 19.5 Å². The number of hydrogen-bond donors (Lipinski definition) is 1. The summed E-state index contributed by atoms with van der Waals surface area (Å²) < 4.78 is 17.2. The Kier molecular flexibility index (Phi) is 4.34. The van der Waals surface area contributed by atoms with Gasteiger partial charge in [-0.25, -0.2) is 4.79 Å². The fourth-order valence-electron chi connectivity index (χ4n) is 4.44. The van der Waals surface area contributed by atoms with Gasteiger partial charge in [0.1, 0.15) is 12.2 Å². The summed E-state index contributed by atoms with van der Waals surface area (Å²) in [7, 11) is 3.62. The van der Waals surface area contributed by atoms with E-state index < -0.39 is 6.09 Å². The number of ether oxygens (including phenoxy) is 3. The lowest BCUT2D eigenvalue weighted by Crippen LogP contribution is -2.43. The second-order valence-electron chi connectivity index (χ2n) is 7.44. The molecule has 7 heteroatoms. The minimum atomic E-state index is -0.530. The zero-order chi connectivity index (χ0) is 19.2. The van der Waals surface area contributed by atoms with Gasteiger partial charge < -0.3 is 24.4 Å². The van der Waals surface area contributed by atoms with Crippen LogP contribution in [0.4, 0.5) is 4.79 Å². The molecule has 0 unspecified atom stereocenters. The van der Waals surface area contributed by atoms with E-state index in [1.807, 2.05) is 12.1 Å². The molecule has 2 heterocycles. The van der Waals surface area contributed by atoms with Gasteiger partial charge in [-0.3, -0.25) is 4.79 Å². The molecule has 1 N–H and O–H groups in total. The minimum absolute atomic E-state index is 0.165. The van der Waals surface area contributed by atoms with Crippen molar-refractivity contribution >= 4 is 12.1 Å². The lowest BCUT2D eigenvalue weighted by molar-refractivity contribution is -0.145. The van der Waals surface area contributed by atoms with E-state index in [1.54, 1.807) is 6.07 Å². The molecule has 1 aromatic carbocycles. The van der Waals surface area contributed by atoms with E-state index in [9.17, 15) is 9.59 Å². The first-order chi connectivity index (χ1) is 12.9. The van der Waals surface area contributed by atoms with Crippen molar-refractivity contribution in [2.75, 3.05) is 20.6 Å². The second kappa shape index (κ2) is 6.56. The Morgan fingerprint density at radius 2 is 2.19 bits per heavy atom. The van der Waals surface area contributed by atoms with E-state index >= 15 is 0 Å². The van der Waals surface area contributed by atoms with Crippen LogP contribution in [0, 0.1) is 0 Å². The molecule has 0 fully saturated rings. The van der Waals surface area contributed by atoms with Crippen molar-refractivity contribution < 1.29 is 23.8 Å². The highest BCUT2D eigenvalue weighted by Crippen LogP contribution is 2.55. The number of carbonyl (C=O) groups is 2. The molecule has 0 aromatic heterocycles. The molecule has 3 atom stereocenters. The quantitative estimate of drug-likeness (QED) is 0.633. The summed E-state index contributed by atoms with van der Waals surface area (Å²) in [5.41, 5.74) is 1.97. The van der Waals surface area contributed by atoms with Gasteiger partial charge in [-0.05, 0) is 37.7 Å². The molecule has 1 aliphatic carbocycles. The Bertz CT molecular complexity index is 821. The standard InChI is InChI=1S/C20H24N2O5/c1-12(23)25-14-6-7-20-8-9-22(3)11-13-4-5-15(26-19(24)21-2)18(17(13)20)27-16(20)10-14/h4-7,14,16H,8-11H2,1-3H3,(H,21,24)/t14-,16-,20-/m0/s1. The molecule has 4 rings (SSSR count). The third-order valence-electron chi connectivity index (χ3n) is 5.63. The van der Waals surface area contributed by atoms with Crippen molar-refractivity contribution in [3.05, 3.63) is 35.4 Å². The first-order valence-corrected chi connectivity index (χ1v) is 9.20. The number of rotatable bonds is 2. The molecule has 1 spiro atoms. The van der Waals surface area contributed by atoms with Crippen LogP contribution in [-0.2, 0) is 21.5 Å². The molecule has 7 nitrogen and oxygen atoms in total. The maximum Gasteiger partial charge on any atom is 0.412 e. The van der Waals surface area contributed by atoms with Crippen molar-refractivity contribution in [3.63, 3.8) is 0 Å². The molecule has 1 aromatic rings. The molecular formula is C20H24N2O5. The highest BCUT2D eigenvalue weighted by molar-refractivity contribution is 5.73. The molecule has 2 aliphatic heterocycles. The van der Waals surface area contributed by atoms with Crippen LogP contribution in [0.2, 0.25) is 0 Å². The molecule has 27 heavy (non-hydrogen) atoms. The lowest BCUT2D eigenvalue weighted by atomic mass is 9.69. The Hall–Kier alpha value is -2.54. The van der Waals surface area contributed by atoms with Gasteiger partial charge in [-0.2, -0.15) is 0 Å². The molecular weight excluding hydrogens is 348 g/mol. The topological polar surface area (TPSA) is 77.1 Å². The normalized spacial score (nSPS) is 28.4. The van der Waals surface area contributed by atoms with Gasteiger partial charge in [0.25, 0.3) is 0 Å². The van der Waals surface area contributed by atoms with Gasteiger partial charge in [0, 0.05) is 32.5 Å². The van der Waals surface area contributed by atoms with Crippen molar-refractivity contribution in [3.8, 4) is 11.5 Å². The molecule has 144 valence electrons. The molecule has 0 saturated heterocycles. The molecule has 1 amide bonds. The molecule has 3 aliphatic rings. The number of nitrogens with one attached hydrogen (secondary N) is 1. The van der Waals surface area contributed by atoms with E-state index in [0.717, 1.165) is 25.1 Å². The summed E-state index contributed by atoms with van der Waals surface area (Å²) in [4.78, 5) is 25.4. The van der Waals surface area contributed by atoms with E-state index in [0.29, 0.717) is 17.9 Å². The first kappa shape index (κ1) is 17.9. The number of amides is 1. The van der Waals surface area contributed by atoms with Crippen molar-refractivity contribution in [1.29, 1.82) is 0 Å². The Morgan fingerprint density at radius 1 is 1.37 bits per heavy atom. The van der Waals surface area contributed by atoms with Gasteiger partial charge in [0.05, 0.1) is 5.41 Å². The van der Waals surface area contributed by atoms with Gasteiger partial charge >= 0.3 is 12.1 Å². The van der Waals surface area contributed by atoms with Crippen LogP contribution in [-0.4, -0.2) is 49.8 Å². The third kappa shape index (κ3) is 2.96. The lowest BCUT2D eigenvalue weighted by Gasteiger charge is -2.36. The van der Waals surface area contributed by atoms with Crippen LogP contribution >= 0.6 is 0 Å². The highest BCUT2D eigenvalue weighted by Gasteiger charge is 2.53. The van der Waals surface area contributed by atoms with E-state index in [-0.39, 0.29) is 23.6 Å². The average molecular weight is 372 g/mol. The summed E-state index contributed by atoms with van der Waals surface area (Å²) in [6.45, 7) is 3.14. The first-order valence-electron chi connectivity index (χ1n) is 9.20. The van der Waals surface area contributed by atoms with Gasteiger partial charge in [0.15, 0.2) is 11.5 Å². The van der Waals surface area contributed by atoms with Gasteiger partial charge in [-0.1, -0.05) is 12.1 Å². The number of esters is 1. The van der Waals surface area contributed by atoms with Crippen LogP contribution in [0.3, 0.4) is 0 Å². The van der Waals surface area contributed by atoms with Gasteiger partial charge in [0.2, 0.25) is 0 Å². The summed E-state index contributed by atoms with van der Waals surface area (Å²) in [6.07, 6.45) is 4.57. The molecule has 0 bridgehead atoms. The predicted octanol–water partition coefficient (Wildman–Crippen LogP) is 2.13. The maximum atomic E-state index is 11.8. The predicted molar refractivity (Wildman–Crippen MR) is 97.9 cm³/mol. The minimum Gasteiger partial charge on any atom is -0.485 e. The number of carbonyl (C=O) groups excluding carboxylic acids is 2. The number of hydrogen-bond acceptors (Lipinski definition) is 6. The summed E-state index contributed by atoms with van der Waals surface area (Å²) >= 11 is 0. The fourth-order valence-corrected chi connectivity index (χ4v) is 4.44. The Labute approximate surface area is 158 Å². The molecule has 0 radical (unpaired) electrons. The van der Waals surface area contributed by atoms with Crippen molar-refractivity contribution in [2.24, 2.45) is 0 Å². The number of nitrogens with zero attached hydrogens (tertiary/aromatic N) is 1. The SMILES string of the molecule is CNC(=O)Oc1ccc2c3c1O[C@H]1C[C@@H](OC(C)=O)C=C[C@@]31CCN(C)C2. The smallest absolute Gasteiger partial charge is 0.412 e. The third-order valence-corrected chi connectivity index (χ3v) is 5.63. The summed E-state index contributed by atoms with van der Waals surface area (Å²) in [6, 6.07) is 3.80. The summed E-state index contributed by atoms with van der Waals surface area (Å²) in [5.74, 6) is 0.745. The highest BCUT2D eigenvalue weighted by atomic mass is 16.6. The van der Waals surface area contributed by atoms with Crippen LogP contribution < -0.4 is 14.8 Å².